The van der Waals surface area contributed by atoms with E-state index in [0.29, 0.717) is 6.61 Å². The molecule has 2 heteroatoms. The molecule has 0 heterocycles. The maximum atomic E-state index is 5.84. The highest BCUT2D eigenvalue weighted by molar-refractivity contribution is 5.51. The van der Waals surface area contributed by atoms with Crippen molar-refractivity contribution in [2.75, 3.05) is 18.5 Å². The van der Waals surface area contributed by atoms with Gasteiger partial charge in [-0.15, -0.1) is 0 Å². The Balaban J connectivity index is 1.86. The summed E-state index contributed by atoms with van der Waals surface area (Å²) in [5, 5.41) is 3.42. The van der Waals surface area contributed by atoms with Crippen LogP contribution in [-0.2, 0) is 0 Å². The van der Waals surface area contributed by atoms with Gasteiger partial charge in [-0.2, -0.15) is 0 Å². The van der Waals surface area contributed by atoms with Crippen LogP contribution in [-0.4, -0.2) is 13.2 Å². The predicted molar refractivity (Wildman–Crippen MR) is 85.8 cm³/mol. The Morgan fingerprint density at radius 1 is 0.850 bits per heavy atom. The fourth-order valence-electron chi connectivity index (χ4n) is 2.22. The summed E-state index contributed by atoms with van der Waals surface area (Å²) in [7, 11) is 0. The third kappa shape index (κ3) is 3.77. The first kappa shape index (κ1) is 14.4. The van der Waals surface area contributed by atoms with Gasteiger partial charge in [-0.25, -0.2) is 0 Å². The van der Waals surface area contributed by atoms with E-state index in [2.05, 4.69) is 69.4 Å². The van der Waals surface area contributed by atoms with Gasteiger partial charge >= 0.3 is 0 Å². The van der Waals surface area contributed by atoms with Crippen molar-refractivity contribution in [3.05, 3.63) is 58.7 Å². The summed E-state index contributed by atoms with van der Waals surface area (Å²) in [6, 6.07) is 12.7. The molecule has 2 aromatic carbocycles. The van der Waals surface area contributed by atoms with E-state index in [0.717, 1.165) is 12.3 Å². The normalized spacial score (nSPS) is 10.4. The van der Waals surface area contributed by atoms with Crippen LogP contribution in [0.5, 0.6) is 5.75 Å². The average Bonchev–Trinajstić information content (AvgIpc) is 2.40. The van der Waals surface area contributed by atoms with Gasteiger partial charge in [0.25, 0.3) is 0 Å². The van der Waals surface area contributed by atoms with Gasteiger partial charge in [-0.3, -0.25) is 0 Å². The molecule has 2 nitrogen and oxygen atoms in total. The van der Waals surface area contributed by atoms with Crippen LogP contribution in [0, 0.1) is 27.7 Å². The molecule has 0 fully saturated rings. The zero-order valence-corrected chi connectivity index (χ0v) is 12.8. The highest BCUT2D eigenvalue weighted by atomic mass is 16.5. The molecule has 0 atom stereocenters. The van der Waals surface area contributed by atoms with Gasteiger partial charge in [0.2, 0.25) is 0 Å². The number of nitrogens with one attached hydrogen (secondary N) is 1. The molecule has 0 aliphatic rings. The van der Waals surface area contributed by atoms with Gasteiger partial charge in [0.1, 0.15) is 12.4 Å². The van der Waals surface area contributed by atoms with Crippen LogP contribution >= 0.6 is 0 Å². The van der Waals surface area contributed by atoms with Gasteiger partial charge < -0.3 is 10.1 Å². The molecule has 106 valence electrons. The van der Waals surface area contributed by atoms with Gasteiger partial charge in [-0.05, 0) is 56.5 Å². The lowest BCUT2D eigenvalue weighted by Gasteiger charge is -2.13. The first-order valence-electron chi connectivity index (χ1n) is 7.07. The van der Waals surface area contributed by atoms with Gasteiger partial charge in [0.15, 0.2) is 0 Å². The second-order valence-corrected chi connectivity index (χ2v) is 5.36. The summed E-state index contributed by atoms with van der Waals surface area (Å²) >= 11 is 0. The van der Waals surface area contributed by atoms with Crippen molar-refractivity contribution in [1.82, 2.24) is 0 Å². The lowest BCUT2D eigenvalue weighted by molar-refractivity contribution is 0.330. The number of aryl methyl sites for hydroxylation is 4. The van der Waals surface area contributed by atoms with Crippen LogP contribution in [0.3, 0.4) is 0 Å². The fourth-order valence-corrected chi connectivity index (χ4v) is 2.22. The van der Waals surface area contributed by atoms with Crippen molar-refractivity contribution in [3.8, 4) is 5.75 Å². The monoisotopic (exact) mass is 269 g/mol. The summed E-state index contributed by atoms with van der Waals surface area (Å²) in [6.45, 7) is 9.86. The van der Waals surface area contributed by atoms with Gasteiger partial charge in [0, 0.05) is 12.2 Å². The van der Waals surface area contributed by atoms with E-state index in [4.69, 9.17) is 4.74 Å². The standard InChI is InChI=1S/C18H23NO/c1-13-6-8-17(16(4)11-13)19-9-10-20-18-12-14(2)5-7-15(18)3/h5-8,11-12,19H,9-10H2,1-4H3. The molecule has 0 bridgehead atoms. The molecule has 2 rings (SSSR count). The molecule has 0 radical (unpaired) electrons. The minimum absolute atomic E-state index is 0.664. The molecule has 0 aliphatic carbocycles. The van der Waals surface area contributed by atoms with Crippen molar-refractivity contribution >= 4 is 5.69 Å². The molecule has 0 aliphatic heterocycles. The molecule has 2 aromatic rings. The zero-order chi connectivity index (χ0) is 14.5. The Morgan fingerprint density at radius 3 is 2.30 bits per heavy atom. The highest BCUT2D eigenvalue weighted by Crippen LogP contribution is 2.19. The van der Waals surface area contributed by atoms with Crippen molar-refractivity contribution in [1.29, 1.82) is 0 Å². The highest BCUT2D eigenvalue weighted by Gasteiger charge is 2.01. The Hall–Kier alpha value is -1.96. The molecule has 0 spiro atoms. The van der Waals surface area contributed by atoms with Crippen LogP contribution in [0.15, 0.2) is 36.4 Å². The molecule has 0 amide bonds. The van der Waals surface area contributed by atoms with Crippen LogP contribution < -0.4 is 10.1 Å². The summed E-state index contributed by atoms with van der Waals surface area (Å²) in [4.78, 5) is 0. The van der Waals surface area contributed by atoms with Crippen molar-refractivity contribution in [2.45, 2.75) is 27.7 Å². The quantitative estimate of drug-likeness (QED) is 0.812. The van der Waals surface area contributed by atoms with Gasteiger partial charge in [0.05, 0.1) is 0 Å². The third-order valence-corrected chi connectivity index (χ3v) is 3.40. The number of benzene rings is 2. The third-order valence-electron chi connectivity index (χ3n) is 3.40. The Morgan fingerprint density at radius 2 is 1.55 bits per heavy atom. The maximum Gasteiger partial charge on any atom is 0.122 e. The largest absolute Gasteiger partial charge is 0.491 e. The van der Waals surface area contributed by atoms with Crippen LogP contribution in [0.2, 0.25) is 0 Å². The first-order valence-corrected chi connectivity index (χ1v) is 7.07. The molecular formula is C18H23NO. The zero-order valence-electron chi connectivity index (χ0n) is 12.8. The Labute approximate surface area is 121 Å². The number of hydrogen-bond acceptors (Lipinski definition) is 2. The maximum absolute atomic E-state index is 5.84. The molecule has 0 saturated carbocycles. The minimum atomic E-state index is 0.664. The summed E-state index contributed by atoms with van der Waals surface area (Å²) < 4.78 is 5.84. The van der Waals surface area contributed by atoms with Crippen molar-refractivity contribution < 1.29 is 4.74 Å². The van der Waals surface area contributed by atoms with E-state index < -0.39 is 0 Å². The van der Waals surface area contributed by atoms with Crippen LogP contribution in [0.1, 0.15) is 22.3 Å². The van der Waals surface area contributed by atoms with E-state index >= 15 is 0 Å². The van der Waals surface area contributed by atoms with E-state index in [9.17, 15) is 0 Å². The topological polar surface area (TPSA) is 21.3 Å². The molecule has 0 aromatic heterocycles. The molecular weight excluding hydrogens is 246 g/mol. The number of anilines is 1. The SMILES string of the molecule is Cc1ccc(NCCOc2cc(C)ccc2C)c(C)c1. The number of hydrogen-bond donors (Lipinski definition) is 1. The second kappa shape index (κ2) is 6.47. The molecule has 1 N–H and O–H groups in total. The van der Waals surface area contributed by atoms with Gasteiger partial charge in [-0.1, -0.05) is 29.8 Å². The first-order chi connectivity index (χ1) is 9.56. The summed E-state index contributed by atoms with van der Waals surface area (Å²) in [5.41, 5.74) is 6.16. The summed E-state index contributed by atoms with van der Waals surface area (Å²) in [5.74, 6) is 0.979. The predicted octanol–water partition coefficient (Wildman–Crippen LogP) is 4.41. The lowest BCUT2D eigenvalue weighted by Crippen LogP contribution is -2.12. The van der Waals surface area contributed by atoms with E-state index in [-0.39, 0.29) is 0 Å². The Bertz CT molecular complexity index is 590. The van der Waals surface area contributed by atoms with E-state index in [1.165, 1.54) is 27.9 Å². The summed E-state index contributed by atoms with van der Waals surface area (Å²) in [6.07, 6.45) is 0. The van der Waals surface area contributed by atoms with E-state index in [1.807, 2.05) is 0 Å². The van der Waals surface area contributed by atoms with Crippen molar-refractivity contribution in [3.63, 3.8) is 0 Å². The van der Waals surface area contributed by atoms with Crippen molar-refractivity contribution in [2.24, 2.45) is 0 Å². The number of rotatable bonds is 5. The van der Waals surface area contributed by atoms with Crippen LogP contribution in [0.25, 0.3) is 0 Å². The van der Waals surface area contributed by atoms with E-state index in [1.54, 1.807) is 0 Å². The average molecular weight is 269 g/mol. The molecule has 20 heavy (non-hydrogen) atoms. The molecule has 0 unspecified atom stereocenters. The number of ether oxygens (including phenoxy) is 1. The fraction of sp³-hybridized carbons (Fsp3) is 0.333. The molecule has 0 saturated heterocycles. The Kier molecular flexibility index (Phi) is 4.67. The van der Waals surface area contributed by atoms with Crippen LogP contribution in [0.4, 0.5) is 5.69 Å². The second-order valence-electron chi connectivity index (χ2n) is 5.36. The smallest absolute Gasteiger partial charge is 0.122 e. The minimum Gasteiger partial charge on any atom is -0.491 e. The lowest BCUT2D eigenvalue weighted by atomic mass is 10.1.